The van der Waals surface area contributed by atoms with E-state index >= 15 is 0 Å². The van der Waals surface area contributed by atoms with Crippen molar-refractivity contribution in [2.24, 2.45) is 5.90 Å². The number of thiophene rings is 1. The normalized spacial score (nSPS) is 10.3. The Morgan fingerprint density at radius 2 is 2.30 bits per heavy atom. The average Bonchev–Trinajstić information content (AvgIpc) is 2.13. The molecule has 5 heteroatoms. The molecule has 0 aromatic carbocycles. The van der Waals surface area contributed by atoms with Crippen molar-refractivity contribution in [3.8, 4) is 0 Å². The Kier molecular flexibility index (Phi) is 2.95. The minimum atomic E-state index is 0.308. The summed E-state index contributed by atoms with van der Waals surface area (Å²) in [4.78, 5) is 4.39. The second kappa shape index (κ2) is 3.55. The first kappa shape index (κ1) is 8.30. The minimum absolute atomic E-state index is 0.308. The summed E-state index contributed by atoms with van der Waals surface area (Å²) in [6.07, 6.45) is 0. The highest BCUT2D eigenvalue weighted by molar-refractivity contribution is 7.20. The highest BCUT2D eigenvalue weighted by atomic mass is 35.5. The van der Waals surface area contributed by atoms with Gasteiger partial charge in [-0.3, -0.25) is 4.84 Å². The third-order valence-electron chi connectivity index (χ3n) is 0.966. The van der Waals surface area contributed by atoms with Crippen molar-refractivity contribution in [3.63, 3.8) is 0 Å². The molecule has 0 aliphatic carbocycles. The monoisotopic (exact) mass is 197 g/mol. The molecule has 1 heterocycles. The van der Waals surface area contributed by atoms with Crippen molar-refractivity contribution in [2.75, 3.05) is 0 Å². The first-order valence-corrected chi connectivity index (χ1v) is 4.06. The third-order valence-corrected chi connectivity index (χ3v) is 2.54. The summed E-state index contributed by atoms with van der Waals surface area (Å²) in [6.45, 7) is 0.308. The second-order valence-corrected chi connectivity index (χ2v) is 3.95. The van der Waals surface area contributed by atoms with Gasteiger partial charge in [-0.25, -0.2) is 5.90 Å². The van der Waals surface area contributed by atoms with E-state index in [1.54, 1.807) is 6.07 Å². The Balaban J connectivity index is 2.81. The van der Waals surface area contributed by atoms with Gasteiger partial charge in [0.25, 0.3) is 0 Å². The fourth-order valence-corrected chi connectivity index (χ4v) is 2.02. The van der Waals surface area contributed by atoms with Gasteiger partial charge in [-0.05, 0) is 6.07 Å². The number of halogens is 2. The van der Waals surface area contributed by atoms with E-state index in [0.29, 0.717) is 15.3 Å². The molecule has 0 atom stereocenters. The summed E-state index contributed by atoms with van der Waals surface area (Å²) >= 11 is 12.7. The van der Waals surface area contributed by atoms with Crippen molar-refractivity contribution in [1.82, 2.24) is 0 Å². The van der Waals surface area contributed by atoms with E-state index in [0.717, 1.165) is 5.56 Å². The minimum Gasteiger partial charge on any atom is -0.300 e. The lowest BCUT2D eigenvalue weighted by molar-refractivity contribution is 0.124. The Hall–Kier alpha value is 0.200. The van der Waals surface area contributed by atoms with E-state index in [-0.39, 0.29) is 0 Å². The lowest BCUT2D eigenvalue weighted by Gasteiger charge is -1.92. The molecule has 1 aromatic rings. The molecule has 0 radical (unpaired) electrons. The molecular formula is C5H5Cl2NOS. The summed E-state index contributed by atoms with van der Waals surface area (Å²) in [5, 5.41) is 0. The Morgan fingerprint density at radius 1 is 1.60 bits per heavy atom. The fourth-order valence-electron chi connectivity index (χ4n) is 0.563. The van der Waals surface area contributed by atoms with E-state index in [1.807, 2.05) is 0 Å². The molecule has 2 nitrogen and oxygen atoms in total. The van der Waals surface area contributed by atoms with E-state index < -0.39 is 0 Å². The van der Waals surface area contributed by atoms with Gasteiger partial charge in [0.1, 0.15) is 0 Å². The molecule has 10 heavy (non-hydrogen) atoms. The maximum atomic E-state index is 5.72. The van der Waals surface area contributed by atoms with Crippen LogP contribution in [-0.2, 0) is 11.4 Å². The van der Waals surface area contributed by atoms with Crippen LogP contribution in [0.2, 0.25) is 8.67 Å². The Bertz CT molecular complexity index is 225. The topological polar surface area (TPSA) is 35.2 Å². The van der Waals surface area contributed by atoms with Crippen LogP contribution in [0.1, 0.15) is 5.56 Å². The van der Waals surface area contributed by atoms with E-state index in [2.05, 4.69) is 4.84 Å². The molecule has 0 bridgehead atoms. The van der Waals surface area contributed by atoms with Crippen molar-refractivity contribution in [3.05, 3.63) is 20.3 Å². The molecule has 1 rings (SSSR count). The highest BCUT2D eigenvalue weighted by Gasteiger charge is 2.04. The van der Waals surface area contributed by atoms with E-state index in [9.17, 15) is 0 Å². The lowest BCUT2D eigenvalue weighted by Crippen LogP contribution is -1.97. The standard InChI is InChI=1S/C5H5Cl2NOS/c6-4-1-3(2-9-8)5(7)10-4/h1H,2,8H2. The summed E-state index contributed by atoms with van der Waals surface area (Å²) in [7, 11) is 0. The predicted octanol–water partition coefficient (Wildman–Crippen LogP) is 2.45. The van der Waals surface area contributed by atoms with Crippen molar-refractivity contribution >= 4 is 34.5 Å². The summed E-state index contributed by atoms with van der Waals surface area (Å²) in [5.41, 5.74) is 0.833. The van der Waals surface area contributed by atoms with Crippen LogP contribution in [0.25, 0.3) is 0 Å². The highest BCUT2D eigenvalue weighted by Crippen LogP contribution is 2.31. The van der Waals surface area contributed by atoms with Crippen LogP contribution in [0, 0.1) is 0 Å². The number of hydrogen-bond acceptors (Lipinski definition) is 3. The maximum Gasteiger partial charge on any atom is 0.1000 e. The molecule has 1 aromatic heterocycles. The first-order valence-electron chi connectivity index (χ1n) is 2.49. The van der Waals surface area contributed by atoms with E-state index in [4.69, 9.17) is 29.1 Å². The predicted molar refractivity (Wildman–Crippen MR) is 43.3 cm³/mol. The quantitative estimate of drug-likeness (QED) is 0.740. The zero-order valence-corrected chi connectivity index (χ0v) is 7.26. The molecule has 0 saturated carbocycles. The van der Waals surface area contributed by atoms with Crippen LogP contribution in [0.5, 0.6) is 0 Å². The van der Waals surface area contributed by atoms with Crippen LogP contribution < -0.4 is 5.90 Å². The van der Waals surface area contributed by atoms with Gasteiger partial charge in [0.2, 0.25) is 0 Å². The SMILES string of the molecule is NOCc1cc(Cl)sc1Cl. The number of nitrogens with two attached hydrogens (primary N) is 1. The zero-order chi connectivity index (χ0) is 7.56. The molecular weight excluding hydrogens is 193 g/mol. The molecule has 2 N–H and O–H groups in total. The summed E-state index contributed by atoms with van der Waals surface area (Å²) < 4.78 is 1.28. The maximum absolute atomic E-state index is 5.72. The van der Waals surface area contributed by atoms with E-state index in [1.165, 1.54) is 11.3 Å². The van der Waals surface area contributed by atoms with Crippen molar-refractivity contribution < 1.29 is 4.84 Å². The van der Waals surface area contributed by atoms with Gasteiger partial charge < -0.3 is 0 Å². The van der Waals surface area contributed by atoms with Gasteiger partial charge in [-0.2, -0.15) is 0 Å². The van der Waals surface area contributed by atoms with Gasteiger partial charge in [0.05, 0.1) is 15.3 Å². The first-order chi connectivity index (χ1) is 4.74. The molecule has 0 amide bonds. The smallest absolute Gasteiger partial charge is 0.1000 e. The van der Waals surface area contributed by atoms with Gasteiger partial charge >= 0.3 is 0 Å². The molecule has 0 aliphatic heterocycles. The van der Waals surface area contributed by atoms with Gasteiger partial charge in [0, 0.05) is 5.56 Å². The van der Waals surface area contributed by atoms with Crippen LogP contribution in [0.3, 0.4) is 0 Å². The molecule has 0 saturated heterocycles. The molecule has 0 unspecified atom stereocenters. The zero-order valence-electron chi connectivity index (χ0n) is 4.93. The summed E-state index contributed by atoms with van der Waals surface area (Å²) in [6, 6.07) is 1.74. The van der Waals surface area contributed by atoms with Gasteiger partial charge in [0.15, 0.2) is 0 Å². The van der Waals surface area contributed by atoms with Crippen LogP contribution in [-0.4, -0.2) is 0 Å². The Labute approximate surface area is 72.5 Å². The molecule has 0 fully saturated rings. The van der Waals surface area contributed by atoms with Gasteiger partial charge in [-0.15, -0.1) is 11.3 Å². The number of hydrogen-bond donors (Lipinski definition) is 1. The summed E-state index contributed by atoms with van der Waals surface area (Å²) in [5.74, 6) is 4.84. The second-order valence-electron chi connectivity index (χ2n) is 1.66. The fraction of sp³-hybridized carbons (Fsp3) is 0.200. The third kappa shape index (κ3) is 1.84. The number of rotatable bonds is 2. The largest absolute Gasteiger partial charge is 0.300 e. The molecule has 0 spiro atoms. The average molecular weight is 198 g/mol. The van der Waals surface area contributed by atoms with Gasteiger partial charge in [-0.1, -0.05) is 23.2 Å². The van der Waals surface area contributed by atoms with Crippen LogP contribution >= 0.6 is 34.5 Å². The molecule has 0 aliphatic rings. The Morgan fingerprint density at radius 3 is 2.70 bits per heavy atom. The van der Waals surface area contributed by atoms with Crippen molar-refractivity contribution in [1.29, 1.82) is 0 Å². The van der Waals surface area contributed by atoms with Crippen LogP contribution in [0.15, 0.2) is 6.07 Å². The van der Waals surface area contributed by atoms with Crippen LogP contribution in [0.4, 0.5) is 0 Å². The lowest BCUT2D eigenvalue weighted by atomic mass is 10.4. The van der Waals surface area contributed by atoms with Crippen molar-refractivity contribution in [2.45, 2.75) is 6.61 Å². The molecule has 56 valence electrons.